The number of hydrogen-bond acceptors (Lipinski definition) is 7. The van der Waals surface area contributed by atoms with Gasteiger partial charge in [-0.1, -0.05) is 46.5 Å². The molecule has 1 heterocycles. The van der Waals surface area contributed by atoms with Crippen LogP contribution in [0.5, 0.6) is 0 Å². The fourth-order valence-corrected chi connectivity index (χ4v) is 6.50. The topological polar surface area (TPSA) is 177 Å². The summed E-state index contributed by atoms with van der Waals surface area (Å²) in [7, 11) is 0. The number of fused-ring (bicyclic) bond motifs is 1. The van der Waals surface area contributed by atoms with Gasteiger partial charge in [-0.3, -0.25) is 24.0 Å². The van der Waals surface area contributed by atoms with Crippen LogP contribution >= 0.6 is 0 Å². The molecule has 5 atom stereocenters. The van der Waals surface area contributed by atoms with Gasteiger partial charge in [0.25, 0.3) is 5.91 Å². The molecule has 5 amide bonds. The highest BCUT2D eigenvalue weighted by Gasteiger charge is 2.69. The molecule has 3 aliphatic rings. The van der Waals surface area contributed by atoms with Gasteiger partial charge in [-0.05, 0) is 63.2 Å². The Bertz CT molecular complexity index is 1050. The average molecular weight is 578 g/mol. The highest BCUT2D eigenvalue weighted by atomic mass is 16.6. The molecule has 41 heavy (non-hydrogen) atoms. The molecule has 2 saturated carbocycles. The predicted molar refractivity (Wildman–Crippen MR) is 150 cm³/mol. The van der Waals surface area contributed by atoms with E-state index in [-0.39, 0.29) is 35.5 Å². The molecule has 0 radical (unpaired) electrons. The molecule has 2 aliphatic carbocycles. The molecule has 0 aromatic rings. The average Bonchev–Trinajstić information content (AvgIpc) is 3.21. The summed E-state index contributed by atoms with van der Waals surface area (Å²) in [5, 5.41) is 7.72. The lowest BCUT2D eigenvalue weighted by Crippen LogP contribution is -2.60. The largest absolute Gasteiger partial charge is 0.444 e. The standard InChI is InChI=1S/C29H47N5O7/c1-7-11-18(23(36)25(38)31-14-19(30)35)32-24(37)22-20-17(29(20,5)6)15-34(22)26(39)21(16-12-9-8-10-13-16)33-27(40)41-28(2,3)4/h16-18,20-22H,7-15H2,1-6H3,(H2,30,35)(H,31,38)(H,32,37)(H,33,40)/t17?,18?,20?,21-,22-/m0/s1. The van der Waals surface area contributed by atoms with Gasteiger partial charge in [0, 0.05) is 6.54 Å². The summed E-state index contributed by atoms with van der Waals surface area (Å²) in [6, 6.07) is -2.81. The Labute approximate surface area is 242 Å². The SMILES string of the molecule is CCCC(NC(=O)[C@@H]1C2C(CN1C(=O)[C@@H](NC(=O)OC(C)(C)C)C1CCCCC1)C2(C)C)C(=O)C(=O)NCC(N)=O. The van der Waals surface area contributed by atoms with Crippen LogP contribution in [0, 0.1) is 23.2 Å². The number of nitrogens with one attached hydrogen (secondary N) is 3. The van der Waals surface area contributed by atoms with Crippen molar-refractivity contribution >= 4 is 35.5 Å². The molecule has 5 N–H and O–H groups in total. The van der Waals surface area contributed by atoms with Gasteiger partial charge in [0.2, 0.25) is 23.5 Å². The summed E-state index contributed by atoms with van der Waals surface area (Å²) in [6.45, 7) is 11.0. The van der Waals surface area contributed by atoms with E-state index in [9.17, 15) is 28.8 Å². The van der Waals surface area contributed by atoms with Crippen molar-refractivity contribution in [1.82, 2.24) is 20.9 Å². The van der Waals surface area contributed by atoms with E-state index in [1.165, 1.54) is 0 Å². The van der Waals surface area contributed by atoms with Gasteiger partial charge in [0.05, 0.1) is 12.6 Å². The number of alkyl carbamates (subject to hydrolysis) is 1. The molecule has 12 heteroatoms. The Morgan fingerprint density at radius 1 is 1.02 bits per heavy atom. The zero-order valence-corrected chi connectivity index (χ0v) is 25.2. The Morgan fingerprint density at radius 2 is 1.66 bits per heavy atom. The van der Waals surface area contributed by atoms with Gasteiger partial charge in [-0.15, -0.1) is 0 Å². The second-order valence-corrected chi connectivity index (χ2v) is 13.3. The van der Waals surface area contributed by atoms with Crippen LogP contribution in [0.4, 0.5) is 4.79 Å². The number of nitrogens with two attached hydrogens (primary N) is 1. The molecule has 3 fully saturated rings. The van der Waals surface area contributed by atoms with Crippen molar-refractivity contribution in [2.24, 2.45) is 28.9 Å². The maximum atomic E-state index is 14.1. The summed E-state index contributed by atoms with van der Waals surface area (Å²) in [5.74, 6) is -3.64. The maximum Gasteiger partial charge on any atom is 0.408 e. The van der Waals surface area contributed by atoms with Crippen LogP contribution in [0.3, 0.4) is 0 Å². The number of amides is 5. The molecule has 230 valence electrons. The minimum Gasteiger partial charge on any atom is -0.444 e. The molecule has 3 unspecified atom stereocenters. The number of primary amides is 1. The van der Waals surface area contributed by atoms with E-state index < -0.39 is 59.9 Å². The van der Waals surface area contributed by atoms with Crippen LogP contribution in [-0.4, -0.2) is 77.2 Å². The van der Waals surface area contributed by atoms with Crippen molar-refractivity contribution in [1.29, 1.82) is 0 Å². The monoisotopic (exact) mass is 577 g/mol. The quantitative estimate of drug-likeness (QED) is 0.268. The van der Waals surface area contributed by atoms with Crippen molar-refractivity contribution in [2.75, 3.05) is 13.1 Å². The lowest BCUT2D eigenvalue weighted by Gasteiger charge is -2.37. The van der Waals surface area contributed by atoms with E-state index in [1.54, 1.807) is 25.7 Å². The van der Waals surface area contributed by atoms with Crippen LogP contribution < -0.4 is 21.7 Å². The molecule has 0 bridgehead atoms. The number of likely N-dealkylation sites (tertiary alicyclic amines) is 1. The number of ether oxygens (including phenoxy) is 1. The number of rotatable bonds is 11. The Morgan fingerprint density at radius 3 is 2.22 bits per heavy atom. The summed E-state index contributed by atoms with van der Waals surface area (Å²) in [4.78, 5) is 78.5. The van der Waals surface area contributed by atoms with Crippen LogP contribution in [0.2, 0.25) is 0 Å². The summed E-state index contributed by atoms with van der Waals surface area (Å²) in [6.07, 6.45) is 4.56. The number of piperidine rings is 1. The third kappa shape index (κ3) is 7.77. The third-order valence-corrected chi connectivity index (χ3v) is 8.68. The fourth-order valence-electron chi connectivity index (χ4n) is 6.50. The predicted octanol–water partition coefficient (Wildman–Crippen LogP) is 1.40. The van der Waals surface area contributed by atoms with Crippen LogP contribution in [0.15, 0.2) is 0 Å². The zero-order valence-electron chi connectivity index (χ0n) is 25.2. The molecule has 0 aromatic heterocycles. The zero-order chi connectivity index (χ0) is 30.7. The maximum absolute atomic E-state index is 14.1. The third-order valence-electron chi connectivity index (χ3n) is 8.68. The van der Waals surface area contributed by atoms with E-state index in [0.29, 0.717) is 13.0 Å². The summed E-state index contributed by atoms with van der Waals surface area (Å²) < 4.78 is 5.47. The minimum atomic E-state index is -1.12. The first-order chi connectivity index (χ1) is 19.1. The van der Waals surface area contributed by atoms with Crippen molar-refractivity contribution in [3.63, 3.8) is 0 Å². The number of carbonyl (C=O) groups excluding carboxylic acids is 6. The van der Waals surface area contributed by atoms with Gasteiger partial charge in [-0.25, -0.2) is 4.79 Å². The number of ketones is 1. The highest BCUT2D eigenvalue weighted by Crippen LogP contribution is 2.65. The lowest BCUT2D eigenvalue weighted by atomic mass is 9.83. The molecular formula is C29H47N5O7. The van der Waals surface area contributed by atoms with Crippen molar-refractivity contribution in [2.45, 2.75) is 110 Å². The van der Waals surface area contributed by atoms with E-state index in [0.717, 1.165) is 32.1 Å². The van der Waals surface area contributed by atoms with Crippen molar-refractivity contribution in [3.05, 3.63) is 0 Å². The van der Waals surface area contributed by atoms with E-state index in [1.807, 2.05) is 20.8 Å². The Balaban J connectivity index is 1.83. The number of nitrogens with zero attached hydrogens (tertiary/aromatic N) is 1. The lowest BCUT2D eigenvalue weighted by molar-refractivity contribution is -0.145. The Kier molecular flexibility index (Phi) is 10.1. The molecule has 0 aromatic carbocycles. The summed E-state index contributed by atoms with van der Waals surface area (Å²) >= 11 is 0. The van der Waals surface area contributed by atoms with Crippen LogP contribution in [0.25, 0.3) is 0 Å². The van der Waals surface area contributed by atoms with E-state index in [4.69, 9.17) is 10.5 Å². The van der Waals surface area contributed by atoms with E-state index >= 15 is 0 Å². The minimum absolute atomic E-state index is 0.0826. The second-order valence-electron chi connectivity index (χ2n) is 13.3. The van der Waals surface area contributed by atoms with Crippen molar-refractivity contribution < 1.29 is 33.5 Å². The highest BCUT2D eigenvalue weighted by molar-refractivity contribution is 6.38. The summed E-state index contributed by atoms with van der Waals surface area (Å²) in [5.41, 5.74) is 4.14. The molecule has 12 nitrogen and oxygen atoms in total. The van der Waals surface area contributed by atoms with E-state index in [2.05, 4.69) is 16.0 Å². The van der Waals surface area contributed by atoms with Gasteiger partial charge < -0.3 is 31.3 Å². The van der Waals surface area contributed by atoms with Gasteiger partial charge >= 0.3 is 6.09 Å². The first-order valence-electron chi connectivity index (χ1n) is 14.8. The normalized spacial score (nSPS) is 24.8. The number of hydrogen-bond donors (Lipinski definition) is 4. The molecule has 1 saturated heterocycles. The molecule has 1 aliphatic heterocycles. The fraction of sp³-hybridized carbons (Fsp3) is 0.793. The van der Waals surface area contributed by atoms with Gasteiger partial charge in [-0.2, -0.15) is 0 Å². The smallest absolute Gasteiger partial charge is 0.408 e. The number of Topliss-reactive ketones (excluding diaryl/α,β-unsaturated/α-hetero) is 1. The first kappa shape index (κ1) is 32.3. The second kappa shape index (κ2) is 12.8. The molecule has 3 rings (SSSR count). The molecular weight excluding hydrogens is 530 g/mol. The van der Waals surface area contributed by atoms with Gasteiger partial charge in [0.1, 0.15) is 17.7 Å². The number of carbonyl (C=O) groups is 6. The molecule has 0 spiro atoms. The van der Waals surface area contributed by atoms with Crippen molar-refractivity contribution in [3.8, 4) is 0 Å². The first-order valence-corrected chi connectivity index (χ1v) is 14.8. The van der Waals surface area contributed by atoms with Gasteiger partial charge in [0.15, 0.2) is 0 Å². The Hall–Kier alpha value is -3.18. The van der Waals surface area contributed by atoms with Crippen LogP contribution in [0.1, 0.15) is 86.5 Å². The van der Waals surface area contributed by atoms with Crippen LogP contribution in [-0.2, 0) is 28.7 Å².